The molecule has 1 fully saturated rings. The van der Waals surface area contributed by atoms with Gasteiger partial charge in [0.15, 0.2) is 23.8 Å². The Morgan fingerprint density at radius 1 is 1.35 bits per heavy atom. The third-order valence-corrected chi connectivity index (χ3v) is 4.72. The number of fused-ring (bicyclic) bond motifs is 1. The molecule has 15 heteroatoms. The van der Waals surface area contributed by atoms with Crippen LogP contribution in [0, 0.1) is 0 Å². The van der Waals surface area contributed by atoms with Gasteiger partial charge in [0, 0.05) is 0 Å². The van der Waals surface area contributed by atoms with Gasteiger partial charge in [0.25, 0.3) is 0 Å². The number of alkyl halides is 3. The van der Waals surface area contributed by atoms with E-state index in [1.165, 1.54) is 0 Å². The fourth-order valence-corrected chi connectivity index (χ4v) is 3.06. The molecule has 3 rings (SSSR count). The standard InChI is InChI=1S/C11H12F3N5O6S/c12-11(13,14)26(22,23)25-7-6(21)4(1-20)24-10(7)19-3-18-5-8(15)16-2-17-9(5)19/h2-4,6-7,10,20-21H,1H2,(H2,15,16,17)/t4-,6-,7-,10-/m1/s1. The summed E-state index contributed by atoms with van der Waals surface area (Å²) in [5, 5.41) is 19.2. The Kier molecular flexibility index (Phi) is 4.51. The van der Waals surface area contributed by atoms with Gasteiger partial charge in [0.05, 0.1) is 12.9 Å². The van der Waals surface area contributed by atoms with Crippen molar-refractivity contribution in [2.24, 2.45) is 0 Å². The molecule has 0 aromatic carbocycles. The summed E-state index contributed by atoms with van der Waals surface area (Å²) < 4.78 is 71.0. The average molecular weight is 399 g/mol. The lowest BCUT2D eigenvalue weighted by molar-refractivity contribution is -0.0698. The molecule has 4 atom stereocenters. The number of nitrogens with two attached hydrogens (primary N) is 1. The predicted molar refractivity (Wildman–Crippen MR) is 76.6 cm³/mol. The molecule has 144 valence electrons. The van der Waals surface area contributed by atoms with Crippen molar-refractivity contribution >= 4 is 27.1 Å². The van der Waals surface area contributed by atoms with Gasteiger partial charge >= 0.3 is 15.6 Å². The van der Waals surface area contributed by atoms with E-state index in [0.717, 1.165) is 17.2 Å². The molecule has 0 bridgehead atoms. The van der Waals surface area contributed by atoms with Crippen LogP contribution in [0.15, 0.2) is 12.7 Å². The predicted octanol–water partition coefficient (Wildman–Crippen LogP) is -1.11. The Hall–Kier alpha value is -2.07. The summed E-state index contributed by atoms with van der Waals surface area (Å²) in [6.45, 7) is -0.798. The summed E-state index contributed by atoms with van der Waals surface area (Å²) in [5.41, 5.74) is -0.0157. The Labute approximate surface area is 143 Å². The Bertz CT molecular complexity index is 919. The minimum absolute atomic E-state index is 0.00583. The molecule has 1 aliphatic heterocycles. The zero-order valence-electron chi connectivity index (χ0n) is 12.6. The van der Waals surface area contributed by atoms with Crippen molar-refractivity contribution in [1.82, 2.24) is 19.5 Å². The van der Waals surface area contributed by atoms with Gasteiger partial charge in [-0.3, -0.25) is 8.75 Å². The molecule has 4 N–H and O–H groups in total. The number of nitrogens with zero attached hydrogens (tertiary/aromatic N) is 4. The number of imidazole rings is 1. The molecular weight excluding hydrogens is 387 g/mol. The number of aliphatic hydroxyl groups is 2. The van der Waals surface area contributed by atoms with Gasteiger partial charge in [0.1, 0.15) is 24.1 Å². The topological polar surface area (TPSA) is 163 Å². The van der Waals surface area contributed by atoms with E-state index in [-0.39, 0.29) is 17.0 Å². The van der Waals surface area contributed by atoms with Crippen LogP contribution in [0.3, 0.4) is 0 Å². The third kappa shape index (κ3) is 2.96. The quantitative estimate of drug-likeness (QED) is 0.424. The summed E-state index contributed by atoms with van der Waals surface area (Å²) in [4.78, 5) is 11.4. The van der Waals surface area contributed by atoms with E-state index >= 15 is 0 Å². The van der Waals surface area contributed by atoms with E-state index in [2.05, 4.69) is 19.1 Å². The van der Waals surface area contributed by atoms with E-state index in [1.54, 1.807) is 0 Å². The Morgan fingerprint density at radius 3 is 2.65 bits per heavy atom. The van der Waals surface area contributed by atoms with Crippen molar-refractivity contribution in [2.75, 3.05) is 12.3 Å². The number of hydrogen-bond acceptors (Lipinski definition) is 10. The molecule has 0 amide bonds. The summed E-state index contributed by atoms with van der Waals surface area (Å²) in [6.07, 6.45) is -4.77. The Morgan fingerprint density at radius 2 is 2.04 bits per heavy atom. The third-order valence-electron chi connectivity index (χ3n) is 3.68. The van der Waals surface area contributed by atoms with Gasteiger partial charge in [-0.05, 0) is 0 Å². The molecule has 11 nitrogen and oxygen atoms in total. The summed E-state index contributed by atoms with van der Waals surface area (Å²) in [7, 11) is -6.04. The fourth-order valence-electron chi connectivity index (χ4n) is 2.45. The molecular formula is C11H12F3N5O6S. The van der Waals surface area contributed by atoms with Crippen LogP contribution in [0.5, 0.6) is 0 Å². The number of hydrogen-bond donors (Lipinski definition) is 3. The number of halogens is 3. The maximum absolute atomic E-state index is 12.6. The second-order valence-corrected chi connectivity index (χ2v) is 6.85. The first-order valence-corrected chi connectivity index (χ1v) is 8.34. The van der Waals surface area contributed by atoms with Crippen LogP contribution in [-0.4, -0.2) is 68.6 Å². The van der Waals surface area contributed by atoms with Gasteiger partial charge in [-0.2, -0.15) is 21.6 Å². The monoisotopic (exact) mass is 399 g/mol. The molecule has 0 aliphatic carbocycles. The maximum atomic E-state index is 12.6. The highest BCUT2D eigenvalue weighted by Crippen LogP contribution is 2.37. The van der Waals surface area contributed by atoms with E-state index in [9.17, 15) is 31.8 Å². The van der Waals surface area contributed by atoms with Crippen molar-refractivity contribution in [1.29, 1.82) is 0 Å². The molecule has 0 radical (unpaired) electrons. The van der Waals surface area contributed by atoms with Gasteiger partial charge in [-0.25, -0.2) is 15.0 Å². The molecule has 2 aromatic rings. The minimum atomic E-state index is -6.04. The van der Waals surface area contributed by atoms with E-state index in [4.69, 9.17) is 10.5 Å². The zero-order chi connectivity index (χ0) is 19.3. The summed E-state index contributed by atoms with van der Waals surface area (Å²) >= 11 is 0. The lowest BCUT2D eigenvalue weighted by atomic mass is 10.1. The second kappa shape index (κ2) is 6.27. The summed E-state index contributed by atoms with van der Waals surface area (Å²) in [6, 6.07) is 0. The van der Waals surface area contributed by atoms with Crippen molar-refractivity contribution < 1.29 is 40.7 Å². The average Bonchev–Trinajstić information content (AvgIpc) is 3.09. The lowest BCUT2D eigenvalue weighted by Gasteiger charge is -2.22. The highest BCUT2D eigenvalue weighted by molar-refractivity contribution is 7.87. The minimum Gasteiger partial charge on any atom is -0.394 e. The van der Waals surface area contributed by atoms with Crippen molar-refractivity contribution in [3.05, 3.63) is 12.7 Å². The smallest absolute Gasteiger partial charge is 0.394 e. The first-order chi connectivity index (χ1) is 12.1. The number of ether oxygens (including phenoxy) is 1. The highest BCUT2D eigenvalue weighted by atomic mass is 32.2. The van der Waals surface area contributed by atoms with Gasteiger partial charge in [-0.1, -0.05) is 0 Å². The summed E-state index contributed by atoms with van der Waals surface area (Å²) in [5.74, 6) is -0.0358. The van der Waals surface area contributed by atoms with Gasteiger partial charge in [0.2, 0.25) is 0 Å². The number of aliphatic hydroxyl groups excluding tert-OH is 2. The molecule has 26 heavy (non-hydrogen) atoms. The van der Waals surface area contributed by atoms with Crippen LogP contribution in [-0.2, 0) is 19.0 Å². The SMILES string of the molecule is Nc1ncnc2c1ncn2[C@@H]1O[C@H](CO)[C@@H](O)[C@H]1OS(=O)(=O)C(F)(F)F. The lowest BCUT2D eigenvalue weighted by Crippen LogP contribution is -2.40. The number of rotatable bonds is 4. The Balaban J connectivity index is 2.04. The molecule has 2 aromatic heterocycles. The van der Waals surface area contributed by atoms with Crippen LogP contribution >= 0.6 is 0 Å². The van der Waals surface area contributed by atoms with Crippen LogP contribution < -0.4 is 5.73 Å². The zero-order valence-corrected chi connectivity index (χ0v) is 13.4. The first-order valence-electron chi connectivity index (χ1n) is 6.93. The second-order valence-electron chi connectivity index (χ2n) is 5.28. The molecule has 0 saturated carbocycles. The molecule has 1 aliphatic rings. The van der Waals surface area contributed by atoms with Crippen molar-refractivity contribution in [2.45, 2.75) is 30.0 Å². The maximum Gasteiger partial charge on any atom is 0.523 e. The van der Waals surface area contributed by atoms with Crippen LogP contribution in [0.25, 0.3) is 11.2 Å². The molecule has 1 saturated heterocycles. The highest BCUT2D eigenvalue weighted by Gasteiger charge is 2.54. The largest absolute Gasteiger partial charge is 0.523 e. The van der Waals surface area contributed by atoms with E-state index < -0.39 is 46.8 Å². The van der Waals surface area contributed by atoms with Gasteiger partial charge < -0.3 is 20.7 Å². The number of nitrogen functional groups attached to an aromatic ring is 1. The van der Waals surface area contributed by atoms with Crippen molar-refractivity contribution in [3.63, 3.8) is 0 Å². The fraction of sp³-hybridized carbons (Fsp3) is 0.545. The van der Waals surface area contributed by atoms with E-state index in [0.29, 0.717) is 0 Å². The molecule has 0 unspecified atom stereocenters. The van der Waals surface area contributed by atoms with E-state index in [1.807, 2.05) is 0 Å². The first kappa shape index (κ1) is 18.7. The van der Waals surface area contributed by atoms with Gasteiger partial charge in [-0.15, -0.1) is 0 Å². The van der Waals surface area contributed by atoms with Crippen LogP contribution in [0.1, 0.15) is 6.23 Å². The molecule has 0 spiro atoms. The van der Waals surface area contributed by atoms with Crippen molar-refractivity contribution in [3.8, 4) is 0 Å². The van der Waals surface area contributed by atoms with Crippen LogP contribution in [0.4, 0.5) is 19.0 Å². The normalized spacial score (nSPS) is 27.3. The van der Waals surface area contributed by atoms with Crippen LogP contribution in [0.2, 0.25) is 0 Å². The number of aromatic nitrogens is 4. The molecule has 3 heterocycles. The number of anilines is 1.